The van der Waals surface area contributed by atoms with Gasteiger partial charge in [-0.2, -0.15) is 0 Å². The lowest BCUT2D eigenvalue weighted by Crippen LogP contribution is -2.36. The summed E-state index contributed by atoms with van der Waals surface area (Å²) in [6, 6.07) is 5.34. The Morgan fingerprint density at radius 3 is 2.70 bits per heavy atom. The van der Waals surface area contributed by atoms with Crippen LogP contribution in [0.15, 0.2) is 27.6 Å². The van der Waals surface area contributed by atoms with Crippen LogP contribution in [0.3, 0.4) is 0 Å². The lowest BCUT2D eigenvalue weighted by molar-refractivity contribution is 0.282. The summed E-state index contributed by atoms with van der Waals surface area (Å²) in [6.45, 7) is 4.22. The molecule has 3 N–H and O–H groups in total. The zero-order chi connectivity index (χ0) is 14.8. The standard InChI is InChI=1S/C13H20BrN3O2S/c1-2-17(11-4-5-11)8-7-16-20(18,19)13-6-3-10(15)9-12(13)14/h3,6,9,11,16H,2,4-5,7-8,15H2,1H3. The molecule has 112 valence electrons. The monoisotopic (exact) mass is 361 g/mol. The van der Waals surface area contributed by atoms with Crippen molar-refractivity contribution in [1.82, 2.24) is 9.62 Å². The van der Waals surface area contributed by atoms with Crippen LogP contribution in [-0.4, -0.2) is 39.0 Å². The summed E-state index contributed by atoms with van der Waals surface area (Å²) in [6.07, 6.45) is 2.45. The number of sulfonamides is 1. The van der Waals surface area contributed by atoms with Crippen LogP contribution < -0.4 is 10.5 Å². The first kappa shape index (κ1) is 15.8. The second-order valence-corrected chi connectivity index (χ2v) is 7.54. The number of anilines is 1. The number of rotatable bonds is 7. The summed E-state index contributed by atoms with van der Waals surface area (Å²) < 4.78 is 27.6. The molecule has 0 aliphatic heterocycles. The summed E-state index contributed by atoms with van der Waals surface area (Å²) in [4.78, 5) is 2.53. The number of benzene rings is 1. The van der Waals surface area contributed by atoms with E-state index in [1.165, 1.54) is 18.9 Å². The normalized spacial score (nSPS) is 15.8. The van der Waals surface area contributed by atoms with Gasteiger partial charge < -0.3 is 5.73 Å². The second-order valence-electron chi connectivity index (χ2n) is 4.95. The summed E-state index contributed by atoms with van der Waals surface area (Å²) in [5.74, 6) is 0. The maximum absolute atomic E-state index is 12.2. The Morgan fingerprint density at radius 2 is 2.15 bits per heavy atom. The van der Waals surface area contributed by atoms with Crippen molar-refractivity contribution in [3.63, 3.8) is 0 Å². The first-order chi connectivity index (χ1) is 9.44. The Hall–Kier alpha value is -0.630. The third-order valence-electron chi connectivity index (χ3n) is 3.41. The lowest BCUT2D eigenvalue weighted by Gasteiger charge is -2.19. The van der Waals surface area contributed by atoms with Gasteiger partial charge in [0.2, 0.25) is 10.0 Å². The Bertz CT molecular complexity index is 573. The highest BCUT2D eigenvalue weighted by atomic mass is 79.9. The maximum atomic E-state index is 12.2. The topological polar surface area (TPSA) is 75.4 Å². The summed E-state index contributed by atoms with van der Waals surface area (Å²) in [5.41, 5.74) is 6.15. The molecule has 1 aromatic carbocycles. The average molecular weight is 362 g/mol. The zero-order valence-electron chi connectivity index (χ0n) is 11.5. The number of hydrogen-bond donors (Lipinski definition) is 2. The molecule has 0 atom stereocenters. The minimum absolute atomic E-state index is 0.223. The van der Waals surface area contributed by atoms with Gasteiger partial charge >= 0.3 is 0 Å². The molecule has 1 saturated carbocycles. The van der Waals surface area contributed by atoms with Gasteiger partial charge in [-0.25, -0.2) is 13.1 Å². The van der Waals surface area contributed by atoms with Gasteiger partial charge in [0.25, 0.3) is 0 Å². The minimum atomic E-state index is -3.50. The minimum Gasteiger partial charge on any atom is -0.399 e. The number of hydrogen-bond acceptors (Lipinski definition) is 4. The van der Waals surface area contributed by atoms with Crippen LogP contribution >= 0.6 is 15.9 Å². The fourth-order valence-corrected chi connectivity index (χ4v) is 4.29. The Labute approximate surface area is 128 Å². The lowest BCUT2D eigenvalue weighted by atomic mass is 10.3. The molecular weight excluding hydrogens is 342 g/mol. The highest BCUT2D eigenvalue weighted by molar-refractivity contribution is 9.10. The third-order valence-corrected chi connectivity index (χ3v) is 5.84. The second kappa shape index (κ2) is 6.43. The molecular formula is C13H20BrN3O2S. The van der Waals surface area contributed by atoms with Gasteiger partial charge in [0.1, 0.15) is 0 Å². The van der Waals surface area contributed by atoms with Gasteiger partial charge in [-0.3, -0.25) is 4.90 Å². The number of nitrogen functional groups attached to an aromatic ring is 1. The number of nitrogens with one attached hydrogen (secondary N) is 1. The van der Waals surface area contributed by atoms with Crippen molar-refractivity contribution in [3.8, 4) is 0 Å². The number of halogens is 1. The molecule has 1 aliphatic carbocycles. The molecule has 5 nitrogen and oxygen atoms in total. The molecule has 0 saturated heterocycles. The zero-order valence-corrected chi connectivity index (χ0v) is 13.9. The van der Waals surface area contributed by atoms with Crippen molar-refractivity contribution >= 4 is 31.6 Å². The van der Waals surface area contributed by atoms with Crippen LogP contribution in [0.2, 0.25) is 0 Å². The number of nitrogens with zero attached hydrogens (tertiary/aromatic N) is 1. The van der Waals surface area contributed by atoms with Crippen LogP contribution in [0, 0.1) is 0 Å². The molecule has 1 fully saturated rings. The summed E-state index contributed by atoms with van der Waals surface area (Å²) in [5, 5.41) is 0. The van der Waals surface area contributed by atoms with E-state index in [1.807, 2.05) is 0 Å². The Balaban J connectivity index is 1.96. The predicted molar refractivity (Wildman–Crippen MR) is 84.0 cm³/mol. The number of likely N-dealkylation sites (N-methyl/N-ethyl adjacent to an activating group) is 1. The smallest absolute Gasteiger partial charge is 0.241 e. The van der Waals surface area contributed by atoms with Crippen LogP contribution in [0.1, 0.15) is 19.8 Å². The van der Waals surface area contributed by atoms with E-state index >= 15 is 0 Å². The van der Waals surface area contributed by atoms with E-state index in [0.717, 1.165) is 13.1 Å². The Morgan fingerprint density at radius 1 is 1.45 bits per heavy atom. The van der Waals surface area contributed by atoms with Crippen LogP contribution in [0.4, 0.5) is 5.69 Å². The van der Waals surface area contributed by atoms with Gasteiger partial charge in [-0.05, 0) is 53.5 Å². The predicted octanol–water partition coefficient (Wildman–Crippen LogP) is 1.79. The van der Waals surface area contributed by atoms with E-state index in [2.05, 4.69) is 32.5 Å². The molecule has 1 aromatic rings. The fraction of sp³-hybridized carbons (Fsp3) is 0.538. The van der Waals surface area contributed by atoms with Crippen LogP contribution in [0.5, 0.6) is 0 Å². The van der Waals surface area contributed by atoms with E-state index in [4.69, 9.17) is 5.73 Å². The van der Waals surface area contributed by atoms with Gasteiger partial charge in [-0.1, -0.05) is 6.92 Å². The molecule has 0 unspecified atom stereocenters. The third kappa shape index (κ3) is 3.94. The van der Waals surface area contributed by atoms with E-state index in [0.29, 0.717) is 22.7 Å². The molecule has 0 spiro atoms. The molecule has 0 radical (unpaired) electrons. The molecule has 0 bridgehead atoms. The molecule has 0 aromatic heterocycles. The van der Waals surface area contributed by atoms with Gasteiger partial charge in [-0.15, -0.1) is 0 Å². The first-order valence-electron chi connectivity index (χ1n) is 6.73. The molecule has 0 amide bonds. The molecule has 7 heteroatoms. The SMILES string of the molecule is CCN(CCNS(=O)(=O)c1ccc(N)cc1Br)C1CC1. The van der Waals surface area contributed by atoms with Gasteiger partial charge in [0.15, 0.2) is 0 Å². The maximum Gasteiger partial charge on any atom is 0.241 e. The quantitative estimate of drug-likeness (QED) is 0.726. The molecule has 1 aliphatic rings. The van der Waals surface area contributed by atoms with E-state index in [1.54, 1.807) is 12.1 Å². The van der Waals surface area contributed by atoms with E-state index < -0.39 is 10.0 Å². The summed E-state index contributed by atoms with van der Waals surface area (Å²) >= 11 is 3.24. The fourth-order valence-electron chi connectivity index (χ4n) is 2.17. The van der Waals surface area contributed by atoms with Crippen LogP contribution in [0.25, 0.3) is 0 Å². The average Bonchev–Trinajstić information content (AvgIpc) is 3.18. The van der Waals surface area contributed by atoms with Crippen molar-refractivity contribution < 1.29 is 8.42 Å². The van der Waals surface area contributed by atoms with Gasteiger partial charge in [0.05, 0.1) is 4.90 Å². The summed E-state index contributed by atoms with van der Waals surface area (Å²) in [7, 11) is -3.50. The first-order valence-corrected chi connectivity index (χ1v) is 9.00. The van der Waals surface area contributed by atoms with E-state index in [9.17, 15) is 8.42 Å². The molecule has 2 rings (SSSR count). The largest absolute Gasteiger partial charge is 0.399 e. The van der Waals surface area contributed by atoms with Gasteiger partial charge in [0, 0.05) is 29.3 Å². The highest BCUT2D eigenvalue weighted by Crippen LogP contribution is 2.26. The highest BCUT2D eigenvalue weighted by Gasteiger charge is 2.27. The van der Waals surface area contributed by atoms with Crippen LogP contribution in [-0.2, 0) is 10.0 Å². The molecule has 0 heterocycles. The van der Waals surface area contributed by atoms with Crippen molar-refractivity contribution in [1.29, 1.82) is 0 Å². The molecule has 20 heavy (non-hydrogen) atoms. The van der Waals surface area contributed by atoms with Crippen molar-refractivity contribution in [2.45, 2.75) is 30.7 Å². The Kier molecular flexibility index (Phi) is 5.06. The van der Waals surface area contributed by atoms with Crippen molar-refractivity contribution in [2.75, 3.05) is 25.4 Å². The number of nitrogens with two attached hydrogens (primary N) is 1. The van der Waals surface area contributed by atoms with Crippen molar-refractivity contribution in [3.05, 3.63) is 22.7 Å². The van der Waals surface area contributed by atoms with Crippen molar-refractivity contribution in [2.24, 2.45) is 0 Å². The van der Waals surface area contributed by atoms with E-state index in [-0.39, 0.29) is 4.90 Å².